The molecule has 2 heterocycles. The second kappa shape index (κ2) is 7.03. The van der Waals surface area contributed by atoms with Crippen molar-refractivity contribution < 1.29 is 9.90 Å². The van der Waals surface area contributed by atoms with Crippen LogP contribution in [-0.2, 0) is 4.79 Å². The molecule has 1 amide bonds. The van der Waals surface area contributed by atoms with Crippen LogP contribution in [0.25, 0.3) is 0 Å². The Balaban J connectivity index is 1.96. The smallest absolute Gasteiger partial charge is 0.223 e. The standard InChI is InChI=1S/C19H27ClN2O2/c1-3-21-11-8-19(24,9-12-21)18(22-10-4-5-17(22)23)15-6-7-16(20)14(2)13-15/h6-7,13,18,24H,3-5,8-12H2,1-2H3. The number of aryl methyl sites for hydroxylation is 1. The van der Waals surface area contributed by atoms with Gasteiger partial charge < -0.3 is 14.9 Å². The largest absolute Gasteiger partial charge is 0.387 e. The number of amides is 1. The number of hydrogen-bond donors (Lipinski definition) is 1. The van der Waals surface area contributed by atoms with Crippen LogP contribution < -0.4 is 0 Å². The molecular formula is C19H27ClN2O2. The quantitative estimate of drug-likeness (QED) is 0.907. The Labute approximate surface area is 149 Å². The van der Waals surface area contributed by atoms with E-state index in [1.807, 2.05) is 30.0 Å². The summed E-state index contributed by atoms with van der Waals surface area (Å²) in [6.45, 7) is 7.59. The third-order valence-corrected chi connectivity index (χ3v) is 6.02. The molecule has 1 unspecified atom stereocenters. The molecule has 0 radical (unpaired) electrons. The fraction of sp³-hybridized carbons (Fsp3) is 0.632. The predicted molar refractivity (Wildman–Crippen MR) is 96.2 cm³/mol. The van der Waals surface area contributed by atoms with Gasteiger partial charge in [-0.25, -0.2) is 0 Å². The van der Waals surface area contributed by atoms with Crippen LogP contribution in [0.2, 0.25) is 5.02 Å². The van der Waals surface area contributed by atoms with Crippen LogP contribution in [-0.4, -0.2) is 52.6 Å². The lowest BCUT2D eigenvalue weighted by Gasteiger charge is -2.46. The van der Waals surface area contributed by atoms with Gasteiger partial charge in [0.05, 0.1) is 11.6 Å². The first-order chi connectivity index (χ1) is 11.4. The van der Waals surface area contributed by atoms with Crippen molar-refractivity contribution in [1.29, 1.82) is 0 Å². The van der Waals surface area contributed by atoms with Crippen LogP contribution in [0.5, 0.6) is 0 Å². The molecule has 0 aliphatic carbocycles. The zero-order valence-electron chi connectivity index (χ0n) is 14.6. The number of piperidine rings is 1. The molecule has 5 heteroatoms. The number of nitrogens with zero attached hydrogens (tertiary/aromatic N) is 2. The molecular weight excluding hydrogens is 324 g/mol. The monoisotopic (exact) mass is 350 g/mol. The van der Waals surface area contributed by atoms with E-state index in [1.165, 1.54) is 0 Å². The van der Waals surface area contributed by atoms with Gasteiger partial charge in [-0.3, -0.25) is 4.79 Å². The summed E-state index contributed by atoms with van der Waals surface area (Å²) < 4.78 is 0. The van der Waals surface area contributed by atoms with Crippen LogP contribution in [0, 0.1) is 6.92 Å². The molecule has 4 nitrogen and oxygen atoms in total. The summed E-state index contributed by atoms with van der Waals surface area (Å²) in [7, 11) is 0. The van der Waals surface area contributed by atoms with Gasteiger partial charge in [-0.15, -0.1) is 0 Å². The van der Waals surface area contributed by atoms with Crippen molar-refractivity contribution in [1.82, 2.24) is 9.80 Å². The summed E-state index contributed by atoms with van der Waals surface area (Å²) in [4.78, 5) is 16.7. The highest BCUT2D eigenvalue weighted by molar-refractivity contribution is 6.31. The minimum atomic E-state index is -0.869. The maximum atomic E-state index is 12.4. The van der Waals surface area contributed by atoms with E-state index in [-0.39, 0.29) is 11.9 Å². The van der Waals surface area contributed by atoms with Gasteiger partial charge in [0, 0.05) is 31.1 Å². The van der Waals surface area contributed by atoms with Gasteiger partial charge in [0.2, 0.25) is 5.91 Å². The molecule has 24 heavy (non-hydrogen) atoms. The molecule has 3 rings (SSSR count). The van der Waals surface area contributed by atoms with Crippen LogP contribution in [0.4, 0.5) is 0 Å². The zero-order chi connectivity index (χ0) is 17.3. The number of benzene rings is 1. The summed E-state index contributed by atoms with van der Waals surface area (Å²) in [6.07, 6.45) is 2.84. The van der Waals surface area contributed by atoms with Crippen molar-refractivity contribution in [3.05, 3.63) is 34.3 Å². The molecule has 0 bridgehead atoms. The molecule has 0 spiro atoms. The van der Waals surface area contributed by atoms with Gasteiger partial charge in [0.15, 0.2) is 0 Å². The Morgan fingerprint density at radius 3 is 2.54 bits per heavy atom. The van der Waals surface area contributed by atoms with Gasteiger partial charge >= 0.3 is 0 Å². The van der Waals surface area contributed by atoms with Crippen molar-refractivity contribution in [3.63, 3.8) is 0 Å². The van der Waals surface area contributed by atoms with Gasteiger partial charge in [-0.05, 0) is 49.9 Å². The van der Waals surface area contributed by atoms with E-state index in [0.29, 0.717) is 19.3 Å². The second-order valence-electron chi connectivity index (χ2n) is 7.14. The van der Waals surface area contributed by atoms with Gasteiger partial charge in [0.1, 0.15) is 0 Å². The number of carbonyl (C=O) groups excluding carboxylic acids is 1. The predicted octanol–water partition coefficient (Wildman–Crippen LogP) is 3.16. The Morgan fingerprint density at radius 2 is 2.00 bits per heavy atom. The highest BCUT2D eigenvalue weighted by Gasteiger charge is 2.45. The number of likely N-dealkylation sites (tertiary alicyclic amines) is 2. The normalized spacial score (nSPS) is 22.8. The van der Waals surface area contributed by atoms with E-state index < -0.39 is 5.60 Å². The van der Waals surface area contributed by atoms with E-state index in [9.17, 15) is 9.90 Å². The van der Waals surface area contributed by atoms with Gasteiger partial charge in [0.25, 0.3) is 0 Å². The Morgan fingerprint density at radius 1 is 1.29 bits per heavy atom. The molecule has 0 aromatic heterocycles. The Hall–Kier alpha value is -1.10. The zero-order valence-corrected chi connectivity index (χ0v) is 15.4. The van der Waals surface area contributed by atoms with Crippen LogP contribution in [0.15, 0.2) is 18.2 Å². The van der Waals surface area contributed by atoms with E-state index in [0.717, 1.165) is 48.7 Å². The van der Waals surface area contributed by atoms with Crippen molar-refractivity contribution in [3.8, 4) is 0 Å². The average Bonchev–Trinajstić information content (AvgIpc) is 2.97. The average molecular weight is 351 g/mol. The second-order valence-corrected chi connectivity index (χ2v) is 7.55. The molecule has 2 saturated heterocycles. The van der Waals surface area contributed by atoms with Gasteiger partial charge in [-0.1, -0.05) is 30.7 Å². The molecule has 1 N–H and O–H groups in total. The maximum Gasteiger partial charge on any atom is 0.223 e. The van der Waals surface area contributed by atoms with Crippen molar-refractivity contribution in [2.45, 2.75) is 51.2 Å². The number of aliphatic hydroxyl groups is 1. The topological polar surface area (TPSA) is 43.8 Å². The minimum absolute atomic E-state index is 0.152. The molecule has 2 fully saturated rings. The van der Waals surface area contributed by atoms with E-state index >= 15 is 0 Å². The van der Waals surface area contributed by atoms with Crippen LogP contribution >= 0.6 is 11.6 Å². The van der Waals surface area contributed by atoms with E-state index in [4.69, 9.17) is 11.6 Å². The number of halogens is 1. The number of hydrogen-bond acceptors (Lipinski definition) is 3. The summed E-state index contributed by atoms with van der Waals surface area (Å²) in [6, 6.07) is 5.60. The van der Waals surface area contributed by atoms with Gasteiger partial charge in [-0.2, -0.15) is 0 Å². The molecule has 2 aliphatic heterocycles. The highest BCUT2D eigenvalue weighted by Crippen LogP contribution is 2.41. The third-order valence-electron chi connectivity index (χ3n) is 5.60. The number of carbonyl (C=O) groups is 1. The third kappa shape index (κ3) is 3.32. The molecule has 1 atom stereocenters. The van der Waals surface area contributed by atoms with E-state index in [1.54, 1.807) is 0 Å². The van der Waals surface area contributed by atoms with Crippen molar-refractivity contribution in [2.24, 2.45) is 0 Å². The molecule has 2 aliphatic rings. The molecule has 0 saturated carbocycles. The first-order valence-electron chi connectivity index (χ1n) is 8.95. The summed E-state index contributed by atoms with van der Waals surface area (Å²) >= 11 is 6.18. The molecule has 1 aromatic carbocycles. The van der Waals surface area contributed by atoms with E-state index in [2.05, 4.69) is 11.8 Å². The molecule has 132 valence electrons. The highest BCUT2D eigenvalue weighted by atomic mass is 35.5. The summed E-state index contributed by atoms with van der Waals surface area (Å²) in [5, 5.41) is 12.2. The molecule has 1 aromatic rings. The SMILES string of the molecule is CCN1CCC(O)(C(c2ccc(Cl)c(C)c2)N2CCCC2=O)CC1. The fourth-order valence-corrected chi connectivity index (χ4v) is 4.21. The fourth-order valence-electron chi connectivity index (χ4n) is 4.09. The number of rotatable bonds is 4. The van der Waals surface area contributed by atoms with Crippen LogP contribution in [0.1, 0.15) is 49.8 Å². The summed E-state index contributed by atoms with van der Waals surface area (Å²) in [5.74, 6) is 0.152. The lowest BCUT2D eigenvalue weighted by Crippen LogP contribution is -2.53. The Kier molecular flexibility index (Phi) is 5.19. The lowest BCUT2D eigenvalue weighted by atomic mass is 9.79. The first-order valence-corrected chi connectivity index (χ1v) is 9.32. The van der Waals surface area contributed by atoms with Crippen LogP contribution in [0.3, 0.4) is 0 Å². The van der Waals surface area contributed by atoms with Crippen molar-refractivity contribution in [2.75, 3.05) is 26.2 Å². The first kappa shape index (κ1) is 17.7. The Bertz CT molecular complexity index is 611. The summed E-state index contributed by atoms with van der Waals surface area (Å²) in [5.41, 5.74) is 1.12. The maximum absolute atomic E-state index is 12.4. The van der Waals surface area contributed by atoms with Crippen molar-refractivity contribution >= 4 is 17.5 Å². The minimum Gasteiger partial charge on any atom is -0.387 e. The lowest BCUT2D eigenvalue weighted by molar-refractivity contribution is -0.140.